The molecule has 4 heteroatoms. The fourth-order valence-electron chi connectivity index (χ4n) is 0.460. The second kappa shape index (κ2) is 1.75. The quantitative estimate of drug-likeness (QED) is 0.400. The minimum absolute atomic E-state index is 0.528. The van der Waals surface area contributed by atoms with E-state index in [0.29, 0.717) is 6.54 Å². The molecule has 0 aliphatic carbocycles. The van der Waals surface area contributed by atoms with E-state index in [4.69, 9.17) is 5.11 Å². The Morgan fingerprint density at radius 3 is 2.86 bits per heavy atom. The van der Waals surface area contributed by atoms with Crippen molar-refractivity contribution in [3.8, 4) is 0 Å². The molecule has 1 saturated heterocycles. The molecule has 42 valence electrons. The first-order chi connectivity index (χ1) is 3.29. The molecule has 0 saturated carbocycles. The maximum absolute atomic E-state index is 8.57. The molecular formula is C3H8N2O2. The van der Waals surface area contributed by atoms with E-state index < -0.39 is 6.29 Å². The lowest BCUT2D eigenvalue weighted by Gasteiger charge is -1.99. The van der Waals surface area contributed by atoms with Crippen molar-refractivity contribution in [1.82, 2.24) is 10.6 Å². The van der Waals surface area contributed by atoms with Crippen LogP contribution in [0, 0.1) is 0 Å². The highest BCUT2D eigenvalue weighted by atomic mass is 16.8. The Bertz CT molecular complexity index is 60.0. The number of β-amino-alcohol motifs (C(OH)–C–C–N with tert-alkyl or cyclic N) is 1. The first-order valence-corrected chi connectivity index (χ1v) is 2.09. The van der Waals surface area contributed by atoms with Gasteiger partial charge in [0.15, 0.2) is 6.29 Å². The summed E-state index contributed by atoms with van der Waals surface area (Å²) in [5, 5.41) is 10.2. The largest absolute Gasteiger partial charge is 0.365 e. The number of nitrogens with one attached hydrogen (secondary N) is 1. The average Bonchev–Trinajstić information content (AvgIpc) is 1.87. The summed E-state index contributed by atoms with van der Waals surface area (Å²) in [6, 6.07) is 0. The topological polar surface area (TPSA) is 44.7 Å². The third-order valence-electron chi connectivity index (χ3n) is 0.775. The van der Waals surface area contributed by atoms with Gasteiger partial charge in [0.1, 0.15) is 0 Å². The predicted octanol–water partition coefficient (Wildman–Crippen LogP) is -1.31. The van der Waals surface area contributed by atoms with Gasteiger partial charge in [0.2, 0.25) is 0 Å². The first-order valence-electron chi connectivity index (χ1n) is 2.09. The van der Waals surface area contributed by atoms with E-state index in [1.54, 1.807) is 12.1 Å². The predicted molar refractivity (Wildman–Crippen MR) is 22.9 cm³/mol. The maximum atomic E-state index is 8.57. The van der Waals surface area contributed by atoms with Gasteiger partial charge in [-0.3, -0.25) is 4.84 Å². The number of likely N-dealkylation sites (N-methyl/N-ethyl adjacent to an activating group) is 1. The number of aliphatic hydroxyl groups is 1. The van der Waals surface area contributed by atoms with Gasteiger partial charge in [0, 0.05) is 7.05 Å². The zero-order valence-electron chi connectivity index (χ0n) is 4.09. The summed E-state index contributed by atoms with van der Waals surface area (Å²) in [5.41, 5.74) is 2.45. The number of hydrogen-bond acceptors (Lipinski definition) is 4. The van der Waals surface area contributed by atoms with Crippen molar-refractivity contribution in [3.05, 3.63) is 0 Å². The zero-order valence-corrected chi connectivity index (χ0v) is 4.09. The van der Waals surface area contributed by atoms with Crippen molar-refractivity contribution < 1.29 is 9.94 Å². The molecule has 0 spiro atoms. The van der Waals surface area contributed by atoms with Crippen LogP contribution in [0.3, 0.4) is 0 Å². The summed E-state index contributed by atoms with van der Waals surface area (Å²) in [5.74, 6) is 0. The second-order valence-corrected chi connectivity index (χ2v) is 1.54. The van der Waals surface area contributed by atoms with Crippen LogP contribution in [0.4, 0.5) is 0 Å². The molecule has 2 N–H and O–H groups in total. The Morgan fingerprint density at radius 2 is 2.71 bits per heavy atom. The van der Waals surface area contributed by atoms with Crippen LogP contribution in [0.25, 0.3) is 0 Å². The standard InChI is InChI=1S/C3H8N2O2/c1-5-2-3(6)7-4-5/h3-4,6H,2H2,1H3. The molecule has 1 aliphatic heterocycles. The van der Waals surface area contributed by atoms with E-state index >= 15 is 0 Å². The van der Waals surface area contributed by atoms with Crippen molar-refractivity contribution >= 4 is 0 Å². The van der Waals surface area contributed by atoms with E-state index in [0.717, 1.165) is 0 Å². The van der Waals surface area contributed by atoms with Crippen LogP contribution in [-0.2, 0) is 4.84 Å². The Balaban J connectivity index is 2.26. The van der Waals surface area contributed by atoms with Gasteiger partial charge in [-0.25, -0.2) is 5.01 Å². The van der Waals surface area contributed by atoms with E-state index in [2.05, 4.69) is 10.4 Å². The molecule has 0 aromatic heterocycles. The summed E-state index contributed by atoms with van der Waals surface area (Å²) in [4.78, 5) is 4.50. The van der Waals surface area contributed by atoms with Crippen LogP contribution < -0.4 is 5.59 Å². The molecular weight excluding hydrogens is 96.0 g/mol. The number of hydrogen-bond donors (Lipinski definition) is 2. The van der Waals surface area contributed by atoms with Gasteiger partial charge in [0.05, 0.1) is 6.54 Å². The lowest BCUT2D eigenvalue weighted by molar-refractivity contribution is -0.108. The highest BCUT2D eigenvalue weighted by molar-refractivity contribution is 4.48. The normalized spacial score (nSPS) is 34.3. The smallest absolute Gasteiger partial charge is 0.190 e. The third-order valence-corrected chi connectivity index (χ3v) is 0.775. The molecule has 1 aliphatic rings. The summed E-state index contributed by atoms with van der Waals surface area (Å²) in [7, 11) is 1.79. The van der Waals surface area contributed by atoms with Crippen molar-refractivity contribution in [2.75, 3.05) is 13.6 Å². The average molecular weight is 104 g/mol. The Kier molecular flexibility index (Phi) is 1.25. The van der Waals surface area contributed by atoms with Crippen molar-refractivity contribution in [2.45, 2.75) is 6.29 Å². The molecule has 7 heavy (non-hydrogen) atoms. The highest BCUT2D eigenvalue weighted by Gasteiger charge is 2.15. The van der Waals surface area contributed by atoms with Gasteiger partial charge in [-0.15, -0.1) is 5.59 Å². The lowest BCUT2D eigenvalue weighted by atomic mass is 10.6. The summed E-state index contributed by atoms with van der Waals surface area (Å²) in [6.45, 7) is 0.528. The van der Waals surface area contributed by atoms with Gasteiger partial charge in [-0.1, -0.05) is 0 Å². The van der Waals surface area contributed by atoms with E-state index in [1.807, 2.05) is 0 Å². The molecule has 1 atom stereocenters. The minimum Gasteiger partial charge on any atom is -0.365 e. The number of rotatable bonds is 0. The first kappa shape index (κ1) is 4.99. The summed E-state index contributed by atoms with van der Waals surface area (Å²) < 4.78 is 0. The zero-order chi connectivity index (χ0) is 5.28. The molecule has 0 radical (unpaired) electrons. The lowest BCUT2D eigenvalue weighted by Crippen LogP contribution is -2.24. The molecule has 0 aromatic rings. The van der Waals surface area contributed by atoms with Gasteiger partial charge >= 0.3 is 0 Å². The van der Waals surface area contributed by atoms with Crippen LogP contribution in [-0.4, -0.2) is 30.0 Å². The monoisotopic (exact) mass is 104 g/mol. The van der Waals surface area contributed by atoms with E-state index in [-0.39, 0.29) is 0 Å². The van der Waals surface area contributed by atoms with Crippen LogP contribution in [0.2, 0.25) is 0 Å². The Labute approximate surface area is 41.6 Å². The number of aliphatic hydroxyl groups excluding tert-OH is 1. The maximum Gasteiger partial charge on any atom is 0.190 e. The third kappa shape index (κ3) is 1.10. The van der Waals surface area contributed by atoms with E-state index in [9.17, 15) is 0 Å². The molecule has 4 nitrogen and oxygen atoms in total. The fraction of sp³-hybridized carbons (Fsp3) is 1.00. The summed E-state index contributed by atoms with van der Waals surface area (Å²) >= 11 is 0. The molecule has 1 heterocycles. The molecule has 1 fully saturated rings. The van der Waals surface area contributed by atoms with Crippen molar-refractivity contribution in [3.63, 3.8) is 0 Å². The second-order valence-electron chi connectivity index (χ2n) is 1.54. The Morgan fingerprint density at radius 1 is 2.00 bits per heavy atom. The van der Waals surface area contributed by atoms with Crippen LogP contribution in [0.1, 0.15) is 0 Å². The number of hydrazine groups is 1. The SMILES string of the molecule is CN1CC(O)ON1. The van der Waals surface area contributed by atoms with Gasteiger partial charge in [0.25, 0.3) is 0 Å². The van der Waals surface area contributed by atoms with Gasteiger partial charge in [-0.05, 0) is 0 Å². The molecule has 0 amide bonds. The molecule has 0 aromatic carbocycles. The molecule has 1 unspecified atom stereocenters. The van der Waals surface area contributed by atoms with Gasteiger partial charge in [-0.2, -0.15) is 0 Å². The Hall–Kier alpha value is -0.160. The van der Waals surface area contributed by atoms with Crippen molar-refractivity contribution in [1.29, 1.82) is 0 Å². The minimum atomic E-state index is -0.662. The van der Waals surface area contributed by atoms with Crippen LogP contribution in [0.15, 0.2) is 0 Å². The van der Waals surface area contributed by atoms with Crippen LogP contribution >= 0.6 is 0 Å². The fourth-order valence-corrected chi connectivity index (χ4v) is 0.460. The van der Waals surface area contributed by atoms with Gasteiger partial charge < -0.3 is 5.11 Å². The molecule has 0 bridgehead atoms. The van der Waals surface area contributed by atoms with Crippen LogP contribution in [0.5, 0.6) is 0 Å². The highest BCUT2D eigenvalue weighted by Crippen LogP contribution is 1.93. The van der Waals surface area contributed by atoms with Crippen molar-refractivity contribution in [2.24, 2.45) is 0 Å². The number of nitrogens with zero attached hydrogens (tertiary/aromatic N) is 1. The molecule has 1 rings (SSSR count). The summed E-state index contributed by atoms with van der Waals surface area (Å²) in [6.07, 6.45) is -0.662. The van der Waals surface area contributed by atoms with E-state index in [1.165, 1.54) is 0 Å².